The summed E-state index contributed by atoms with van der Waals surface area (Å²) in [6, 6.07) is 9.98. The molecule has 6 heteroatoms. The molecule has 0 unspecified atom stereocenters. The molecule has 0 spiro atoms. The van der Waals surface area contributed by atoms with E-state index in [4.69, 9.17) is 5.10 Å². The van der Waals surface area contributed by atoms with Crippen molar-refractivity contribution in [3.8, 4) is 5.69 Å². The van der Waals surface area contributed by atoms with Crippen LogP contribution in [0.2, 0.25) is 0 Å². The molecule has 1 aliphatic carbocycles. The minimum absolute atomic E-state index is 0.119. The molecule has 1 saturated carbocycles. The minimum Gasteiger partial charge on any atom is -0.348 e. The SMILES string of the molecule is CCc1c(C(=O)NCc2cccnc2)c(C2CC2)nn1-c1ccc(F)cc1. The van der Waals surface area contributed by atoms with Gasteiger partial charge in [-0.3, -0.25) is 9.78 Å². The van der Waals surface area contributed by atoms with E-state index in [-0.39, 0.29) is 11.7 Å². The number of halogens is 1. The van der Waals surface area contributed by atoms with Crippen molar-refractivity contribution in [3.63, 3.8) is 0 Å². The smallest absolute Gasteiger partial charge is 0.255 e. The zero-order valence-corrected chi connectivity index (χ0v) is 15.2. The van der Waals surface area contributed by atoms with E-state index in [1.165, 1.54) is 12.1 Å². The maximum Gasteiger partial charge on any atom is 0.255 e. The first-order valence-corrected chi connectivity index (χ1v) is 9.22. The van der Waals surface area contributed by atoms with Crippen LogP contribution in [-0.2, 0) is 13.0 Å². The molecular formula is C21H21FN4O. The van der Waals surface area contributed by atoms with Crippen LogP contribution in [-0.4, -0.2) is 20.7 Å². The summed E-state index contributed by atoms with van der Waals surface area (Å²) in [6.07, 6.45) is 6.20. The van der Waals surface area contributed by atoms with E-state index in [1.807, 2.05) is 19.1 Å². The van der Waals surface area contributed by atoms with E-state index < -0.39 is 0 Å². The van der Waals surface area contributed by atoms with Crippen molar-refractivity contribution >= 4 is 5.91 Å². The maximum absolute atomic E-state index is 13.3. The summed E-state index contributed by atoms with van der Waals surface area (Å²) in [7, 11) is 0. The van der Waals surface area contributed by atoms with Crippen LogP contribution in [0.5, 0.6) is 0 Å². The average molecular weight is 364 g/mol. The Morgan fingerprint density at radius 1 is 1.26 bits per heavy atom. The lowest BCUT2D eigenvalue weighted by atomic mass is 10.1. The molecule has 4 rings (SSSR count). The van der Waals surface area contributed by atoms with E-state index in [2.05, 4.69) is 10.3 Å². The third kappa shape index (κ3) is 3.60. The standard InChI is InChI=1S/C21H21FN4O/c1-2-18-19(21(27)24-13-14-4-3-11-23-12-14)20(15-5-6-15)25-26(18)17-9-7-16(22)8-10-17/h3-4,7-12,15H,2,5-6,13H2,1H3,(H,24,27). The van der Waals surface area contributed by atoms with Crippen molar-refractivity contribution in [1.82, 2.24) is 20.1 Å². The van der Waals surface area contributed by atoms with Crippen molar-refractivity contribution in [2.75, 3.05) is 0 Å². The Morgan fingerprint density at radius 3 is 2.67 bits per heavy atom. The number of amides is 1. The van der Waals surface area contributed by atoms with Crippen molar-refractivity contribution in [2.24, 2.45) is 0 Å². The van der Waals surface area contributed by atoms with Gasteiger partial charge in [0.25, 0.3) is 5.91 Å². The van der Waals surface area contributed by atoms with Gasteiger partial charge in [0.05, 0.1) is 22.6 Å². The molecule has 138 valence electrons. The molecule has 2 aromatic heterocycles. The highest BCUT2D eigenvalue weighted by atomic mass is 19.1. The highest BCUT2D eigenvalue weighted by Gasteiger charge is 2.34. The van der Waals surface area contributed by atoms with Crippen LogP contribution in [0, 0.1) is 5.82 Å². The van der Waals surface area contributed by atoms with Gasteiger partial charge in [0.15, 0.2) is 0 Å². The van der Waals surface area contributed by atoms with Gasteiger partial charge >= 0.3 is 0 Å². The Balaban J connectivity index is 1.68. The van der Waals surface area contributed by atoms with Gasteiger partial charge in [0.1, 0.15) is 5.82 Å². The molecule has 3 aromatic rings. The highest BCUT2D eigenvalue weighted by molar-refractivity contribution is 5.97. The second-order valence-corrected chi connectivity index (χ2v) is 6.77. The quantitative estimate of drug-likeness (QED) is 0.724. The van der Waals surface area contributed by atoms with Crippen molar-refractivity contribution in [3.05, 3.63) is 77.1 Å². The normalized spacial score (nSPS) is 13.6. The summed E-state index contributed by atoms with van der Waals surface area (Å²) in [4.78, 5) is 17.1. The Morgan fingerprint density at radius 2 is 2.04 bits per heavy atom. The van der Waals surface area contributed by atoms with Crippen LogP contribution >= 0.6 is 0 Å². The van der Waals surface area contributed by atoms with Gasteiger partial charge in [0, 0.05) is 24.9 Å². The molecule has 1 N–H and O–H groups in total. The Bertz CT molecular complexity index is 946. The van der Waals surface area contributed by atoms with E-state index in [1.54, 1.807) is 29.2 Å². The molecule has 27 heavy (non-hydrogen) atoms. The molecule has 1 aromatic carbocycles. The van der Waals surface area contributed by atoms with Gasteiger partial charge in [-0.2, -0.15) is 5.10 Å². The third-order valence-electron chi connectivity index (χ3n) is 4.78. The lowest BCUT2D eigenvalue weighted by molar-refractivity contribution is 0.0949. The number of nitrogens with zero attached hydrogens (tertiary/aromatic N) is 3. The lowest BCUT2D eigenvalue weighted by Gasteiger charge is -2.09. The molecular weight excluding hydrogens is 343 g/mol. The predicted octanol–water partition coefficient (Wildman–Crippen LogP) is 3.78. The van der Waals surface area contributed by atoms with E-state index in [9.17, 15) is 9.18 Å². The molecule has 0 saturated heterocycles. The second kappa shape index (κ2) is 7.31. The maximum atomic E-state index is 13.3. The molecule has 1 aliphatic rings. The first-order chi connectivity index (χ1) is 13.2. The molecule has 0 atom stereocenters. The predicted molar refractivity (Wildman–Crippen MR) is 100 cm³/mol. The Labute approximate surface area is 157 Å². The lowest BCUT2D eigenvalue weighted by Crippen LogP contribution is -2.24. The summed E-state index contributed by atoms with van der Waals surface area (Å²) >= 11 is 0. The number of carbonyl (C=O) groups is 1. The van der Waals surface area contributed by atoms with Gasteiger partial charge in [0.2, 0.25) is 0 Å². The van der Waals surface area contributed by atoms with Crippen LogP contribution in [0.1, 0.15) is 53.0 Å². The van der Waals surface area contributed by atoms with E-state index in [0.29, 0.717) is 24.4 Å². The Kier molecular flexibility index (Phi) is 4.71. The number of pyridine rings is 1. The van der Waals surface area contributed by atoms with Gasteiger partial charge in [-0.05, 0) is 55.2 Å². The fourth-order valence-electron chi connectivity index (χ4n) is 3.26. The first kappa shape index (κ1) is 17.4. The van der Waals surface area contributed by atoms with Crippen molar-refractivity contribution in [1.29, 1.82) is 0 Å². The highest BCUT2D eigenvalue weighted by Crippen LogP contribution is 2.42. The molecule has 2 heterocycles. The number of nitrogens with one attached hydrogen (secondary N) is 1. The van der Waals surface area contributed by atoms with Crippen LogP contribution in [0.3, 0.4) is 0 Å². The van der Waals surface area contributed by atoms with Crippen LogP contribution < -0.4 is 5.32 Å². The van der Waals surface area contributed by atoms with Crippen molar-refractivity contribution in [2.45, 2.75) is 38.6 Å². The Hall–Kier alpha value is -3.02. The second-order valence-electron chi connectivity index (χ2n) is 6.77. The number of benzene rings is 1. The van der Waals surface area contributed by atoms with Gasteiger partial charge < -0.3 is 5.32 Å². The van der Waals surface area contributed by atoms with Crippen LogP contribution in [0.25, 0.3) is 5.69 Å². The summed E-state index contributed by atoms with van der Waals surface area (Å²) in [5.74, 6) is -0.0806. The average Bonchev–Trinajstić information content (AvgIpc) is 3.47. The number of aromatic nitrogens is 3. The molecule has 1 amide bonds. The zero-order chi connectivity index (χ0) is 18.8. The largest absolute Gasteiger partial charge is 0.348 e. The summed E-state index contributed by atoms with van der Waals surface area (Å²) in [6.45, 7) is 2.42. The number of hydrogen-bond donors (Lipinski definition) is 1. The van der Waals surface area contributed by atoms with E-state index >= 15 is 0 Å². The topological polar surface area (TPSA) is 59.8 Å². The zero-order valence-electron chi connectivity index (χ0n) is 15.2. The summed E-state index contributed by atoms with van der Waals surface area (Å²) < 4.78 is 15.1. The number of rotatable bonds is 6. The molecule has 1 fully saturated rings. The molecule has 0 bridgehead atoms. The molecule has 0 aliphatic heterocycles. The van der Waals surface area contributed by atoms with Crippen LogP contribution in [0.15, 0.2) is 48.8 Å². The fourth-order valence-corrected chi connectivity index (χ4v) is 3.26. The molecule has 5 nitrogen and oxygen atoms in total. The van der Waals surface area contributed by atoms with Gasteiger partial charge in [-0.1, -0.05) is 13.0 Å². The summed E-state index contributed by atoms with van der Waals surface area (Å²) in [5, 5.41) is 7.73. The number of carbonyl (C=O) groups excluding carboxylic acids is 1. The monoisotopic (exact) mass is 364 g/mol. The van der Waals surface area contributed by atoms with Gasteiger partial charge in [-0.15, -0.1) is 0 Å². The fraction of sp³-hybridized carbons (Fsp3) is 0.286. The van der Waals surface area contributed by atoms with Crippen LogP contribution in [0.4, 0.5) is 4.39 Å². The minimum atomic E-state index is -0.291. The van der Waals surface area contributed by atoms with Gasteiger partial charge in [-0.25, -0.2) is 9.07 Å². The van der Waals surface area contributed by atoms with Crippen molar-refractivity contribution < 1.29 is 9.18 Å². The third-order valence-corrected chi connectivity index (χ3v) is 4.78. The first-order valence-electron chi connectivity index (χ1n) is 9.22. The molecule has 0 radical (unpaired) electrons. The summed E-state index contributed by atoms with van der Waals surface area (Å²) in [5.41, 5.74) is 4.07. The van der Waals surface area contributed by atoms with E-state index in [0.717, 1.165) is 35.5 Å². The number of hydrogen-bond acceptors (Lipinski definition) is 3.